The zero-order chi connectivity index (χ0) is 7.56. The van der Waals surface area contributed by atoms with Crippen LogP contribution in [0.2, 0.25) is 0 Å². The van der Waals surface area contributed by atoms with Crippen molar-refractivity contribution in [1.82, 2.24) is 5.43 Å². The minimum atomic E-state index is -0.0268. The fraction of sp³-hybridized carbons (Fsp3) is 1.00. The molecular formula is C6H13N3O. The van der Waals surface area contributed by atoms with Gasteiger partial charge < -0.3 is 0 Å². The first kappa shape index (κ1) is 7.63. The van der Waals surface area contributed by atoms with Crippen LogP contribution in [0, 0.1) is 10.8 Å². The van der Waals surface area contributed by atoms with E-state index in [0.717, 1.165) is 12.8 Å². The van der Waals surface area contributed by atoms with Crippen molar-refractivity contribution in [3.05, 3.63) is 4.91 Å². The van der Waals surface area contributed by atoms with E-state index in [0.29, 0.717) is 5.92 Å². The Morgan fingerprint density at radius 3 is 2.60 bits per heavy atom. The summed E-state index contributed by atoms with van der Waals surface area (Å²) in [4.78, 5) is 10.2. The van der Waals surface area contributed by atoms with Gasteiger partial charge in [0.2, 0.25) is 0 Å². The number of rotatable bonds is 2. The van der Waals surface area contributed by atoms with Crippen molar-refractivity contribution < 1.29 is 0 Å². The minimum Gasteiger partial charge on any atom is -0.271 e. The van der Waals surface area contributed by atoms with Crippen molar-refractivity contribution >= 4 is 0 Å². The predicted molar refractivity (Wildman–Crippen MR) is 39.1 cm³/mol. The molecule has 58 valence electrons. The van der Waals surface area contributed by atoms with Gasteiger partial charge in [-0.3, -0.25) is 11.3 Å². The van der Waals surface area contributed by atoms with Crippen LogP contribution in [0.25, 0.3) is 0 Å². The Hall–Kier alpha value is -0.480. The smallest absolute Gasteiger partial charge is 0.0961 e. The minimum absolute atomic E-state index is 0.0268. The molecule has 1 aliphatic rings. The number of nitrogens with zero attached hydrogens (tertiary/aromatic N) is 1. The normalized spacial score (nSPS) is 40.0. The number of nitrogens with one attached hydrogen (secondary N) is 1. The molecule has 0 aromatic heterocycles. The van der Waals surface area contributed by atoms with Crippen molar-refractivity contribution in [3.63, 3.8) is 0 Å². The van der Waals surface area contributed by atoms with Crippen molar-refractivity contribution in [2.24, 2.45) is 16.9 Å². The molecule has 0 radical (unpaired) electrons. The lowest BCUT2D eigenvalue weighted by atomic mass is 10.0. The van der Waals surface area contributed by atoms with E-state index in [1.165, 1.54) is 0 Å². The summed E-state index contributed by atoms with van der Waals surface area (Å²) in [6, 6.07) is 0.253. The largest absolute Gasteiger partial charge is 0.271 e. The van der Waals surface area contributed by atoms with Crippen LogP contribution < -0.4 is 11.3 Å². The van der Waals surface area contributed by atoms with Crippen LogP contribution in [0.1, 0.15) is 19.8 Å². The Morgan fingerprint density at radius 2 is 2.30 bits per heavy atom. The van der Waals surface area contributed by atoms with E-state index in [-0.39, 0.29) is 12.1 Å². The SMILES string of the molecule is C[C@H]1C(N=O)CCC1NN. The third kappa shape index (κ3) is 1.17. The molecule has 0 heterocycles. The van der Waals surface area contributed by atoms with E-state index >= 15 is 0 Å². The third-order valence-electron chi connectivity index (χ3n) is 2.36. The first-order valence-corrected chi connectivity index (χ1v) is 3.58. The molecule has 0 aromatic rings. The molecule has 3 atom stereocenters. The zero-order valence-electron chi connectivity index (χ0n) is 6.08. The van der Waals surface area contributed by atoms with Gasteiger partial charge >= 0.3 is 0 Å². The fourth-order valence-corrected chi connectivity index (χ4v) is 1.53. The van der Waals surface area contributed by atoms with Crippen LogP contribution in [0.15, 0.2) is 5.18 Å². The van der Waals surface area contributed by atoms with E-state index in [9.17, 15) is 4.91 Å². The van der Waals surface area contributed by atoms with Gasteiger partial charge in [0.1, 0.15) is 0 Å². The van der Waals surface area contributed by atoms with E-state index in [1.807, 2.05) is 6.92 Å². The summed E-state index contributed by atoms with van der Waals surface area (Å²) in [5.74, 6) is 5.54. The average molecular weight is 143 g/mol. The molecule has 1 fully saturated rings. The lowest BCUT2D eigenvalue weighted by molar-refractivity contribution is 0.410. The summed E-state index contributed by atoms with van der Waals surface area (Å²) in [5.41, 5.74) is 2.68. The molecule has 0 spiro atoms. The van der Waals surface area contributed by atoms with E-state index in [2.05, 4.69) is 10.6 Å². The molecule has 1 saturated carbocycles. The predicted octanol–water partition coefficient (Wildman–Crippen LogP) is 0.383. The van der Waals surface area contributed by atoms with Gasteiger partial charge in [-0.1, -0.05) is 12.1 Å². The first-order valence-electron chi connectivity index (χ1n) is 3.58. The molecule has 0 bridgehead atoms. The van der Waals surface area contributed by atoms with Crippen LogP contribution in [0.5, 0.6) is 0 Å². The fourth-order valence-electron chi connectivity index (χ4n) is 1.53. The molecule has 3 N–H and O–H groups in total. The molecule has 0 saturated heterocycles. The van der Waals surface area contributed by atoms with E-state index in [4.69, 9.17) is 5.84 Å². The maximum Gasteiger partial charge on any atom is 0.0961 e. The number of hydrogen-bond acceptors (Lipinski definition) is 4. The highest BCUT2D eigenvalue weighted by Gasteiger charge is 2.32. The Morgan fingerprint density at radius 1 is 1.60 bits per heavy atom. The monoisotopic (exact) mass is 143 g/mol. The molecule has 0 amide bonds. The lowest BCUT2D eigenvalue weighted by Crippen LogP contribution is -2.38. The molecule has 10 heavy (non-hydrogen) atoms. The van der Waals surface area contributed by atoms with Crippen molar-refractivity contribution in [3.8, 4) is 0 Å². The lowest BCUT2D eigenvalue weighted by Gasteiger charge is -2.14. The Labute approximate surface area is 60.1 Å². The summed E-state index contributed by atoms with van der Waals surface area (Å²) in [6.07, 6.45) is 1.84. The van der Waals surface area contributed by atoms with Crippen molar-refractivity contribution in [2.45, 2.75) is 31.8 Å². The molecule has 2 unspecified atom stereocenters. The van der Waals surface area contributed by atoms with E-state index in [1.54, 1.807) is 0 Å². The quantitative estimate of drug-likeness (QED) is 0.333. The first-order chi connectivity index (χ1) is 4.79. The average Bonchev–Trinajstić information content (AvgIpc) is 2.30. The summed E-state index contributed by atoms with van der Waals surface area (Å²) >= 11 is 0. The van der Waals surface area contributed by atoms with Crippen LogP contribution in [-0.2, 0) is 0 Å². The van der Waals surface area contributed by atoms with Crippen molar-refractivity contribution in [1.29, 1.82) is 0 Å². The van der Waals surface area contributed by atoms with Crippen LogP contribution in [-0.4, -0.2) is 12.1 Å². The highest BCUT2D eigenvalue weighted by molar-refractivity contribution is 4.89. The standard InChI is InChI=1S/C6H13N3O/c1-4-5(8-7)2-3-6(4)9-10/h4-6,8H,2-3,7H2,1H3/t4-,5?,6?/m1/s1. The third-order valence-corrected chi connectivity index (χ3v) is 2.36. The number of hydrazine groups is 1. The summed E-state index contributed by atoms with van der Waals surface area (Å²) < 4.78 is 0. The number of nitroso groups, excluding NO2 is 1. The van der Waals surface area contributed by atoms with Gasteiger partial charge in [-0.05, 0) is 18.8 Å². The van der Waals surface area contributed by atoms with Crippen LogP contribution in [0.3, 0.4) is 0 Å². The van der Waals surface area contributed by atoms with Gasteiger partial charge in [0.15, 0.2) is 0 Å². The highest BCUT2D eigenvalue weighted by atomic mass is 16.3. The van der Waals surface area contributed by atoms with Gasteiger partial charge in [-0.15, -0.1) is 0 Å². The van der Waals surface area contributed by atoms with Crippen LogP contribution in [0.4, 0.5) is 0 Å². The van der Waals surface area contributed by atoms with E-state index < -0.39 is 0 Å². The van der Waals surface area contributed by atoms with Gasteiger partial charge in [-0.25, -0.2) is 0 Å². The maximum atomic E-state index is 10.2. The van der Waals surface area contributed by atoms with Crippen molar-refractivity contribution in [2.75, 3.05) is 0 Å². The Bertz CT molecular complexity index is 128. The second-order valence-electron chi connectivity index (χ2n) is 2.88. The maximum absolute atomic E-state index is 10.2. The Balaban J connectivity index is 2.48. The van der Waals surface area contributed by atoms with Gasteiger partial charge in [0, 0.05) is 6.04 Å². The summed E-state index contributed by atoms with van der Waals surface area (Å²) in [6.45, 7) is 2.00. The highest BCUT2D eigenvalue weighted by Crippen LogP contribution is 2.27. The summed E-state index contributed by atoms with van der Waals surface area (Å²) in [7, 11) is 0. The second kappa shape index (κ2) is 3.07. The molecule has 1 rings (SSSR count). The molecule has 1 aliphatic carbocycles. The van der Waals surface area contributed by atoms with Gasteiger partial charge in [0.05, 0.1) is 6.04 Å². The topological polar surface area (TPSA) is 67.5 Å². The molecule has 0 aromatic carbocycles. The van der Waals surface area contributed by atoms with Gasteiger partial charge in [0.25, 0.3) is 0 Å². The Kier molecular flexibility index (Phi) is 2.34. The molecular weight excluding hydrogens is 130 g/mol. The molecule has 4 heteroatoms. The second-order valence-corrected chi connectivity index (χ2v) is 2.88. The summed E-state index contributed by atoms with van der Waals surface area (Å²) in [5, 5.41) is 3.02. The van der Waals surface area contributed by atoms with Gasteiger partial charge in [-0.2, -0.15) is 4.91 Å². The van der Waals surface area contributed by atoms with Crippen LogP contribution >= 0.6 is 0 Å². The number of nitrogens with two attached hydrogens (primary N) is 1. The zero-order valence-corrected chi connectivity index (χ0v) is 6.08. The molecule has 4 nitrogen and oxygen atoms in total. The molecule has 0 aliphatic heterocycles. The number of hydrogen-bond donors (Lipinski definition) is 2.